The van der Waals surface area contributed by atoms with Crippen molar-refractivity contribution < 1.29 is 5.11 Å². The Hall–Kier alpha value is -1.56. The molecule has 0 bridgehead atoms. The molecule has 6 nitrogen and oxygen atoms in total. The van der Waals surface area contributed by atoms with Crippen molar-refractivity contribution >= 4 is 5.96 Å². The Labute approximate surface area is 134 Å². The minimum Gasteiger partial charge on any atom is -0.388 e. The molecule has 0 saturated carbocycles. The van der Waals surface area contributed by atoms with E-state index < -0.39 is 5.60 Å². The first kappa shape index (κ1) is 18.5. The van der Waals surface area contributed by atoms with E-state index in [0.717, 1.165) is 43.9 Å². The molecule has 6 heteroatoms. The molecule has 0 unspecified atom stereocenters. The molecule has 0 aliphatic carbocycles. The van der Waals surface area contributed by atoms with E-state index in [9.17, 15) is 5.11 Å². The number of aliphatic hydroxyl groups is 1. The fraction of sp³-hybridized carbons (Fsp3) is 0.750. The molecule has 1 aromatic heterocycles. The highest BCUT2D eigenvalue weighted by atomic mass is 16.3. The summed E-state index contributed by atoms with van der Waals surface area (Å²) >= 11 is 0. The number of hydrogen-bond acceptors (Lipinski definition) is 3. The molecule has 0 fully saturated rings. The van der Waals surface area contributed by atoms with Crippen LogP contribution in [0.4, 0.5) is 0 Å². The fourth-order valence-electron chi connectivity index (χ4n) is 2.54. The monoisotopic (exact) mass is 309 g/mol. The average molecular weight is 309 g/mol. The fourth-order valence-corrected chi connectivity index (χ4v) is 2.54. The molecule has 1 heterocycles. The summed E-state index contributed by atoms with van der Waals surface area (Å²) in [7, 11) is 1.91. The van der Waals surface area contributed by atoms with Crippen LogP contribution < -0.4 is 10.6 Å². The Balaban J connectivity index is 2.64. The highest BCUT2D eigenvalue weighted by Gasteiger charge is 2.24. The number of aliphatic imine (C=N–C) groups is 1. The van der Waals surface area contributed by atoms with Crippen LogP contribution >= 0.6 is 0 Å². The molecule has 0 aliphatic rings. The van der Waals surface area contributed by atoms with Crippen molar-refractivity contribution in [2.45, 2.75) is 58.6 Å². The largest absolute Gasteiger partial charge is 0.388 e. The quantitative estimate of drug-likeness (QED) is 0.480. The van der Waals surface area contributed by atoms with Gasteiger partial charge in [-0.05, 0) is 25.8 Å². The van der Waals surface area contributed by atoms with E-state index in [4.69, 9.17) is 0 Å². The highest BCUT2D eigenvalue weighted by molar-refractivity contribution is 5.79. The summed E-state index contributed by atoms with van der Waals surface area (Å²) in [6, 6.07) is 1.96. The molecule has 0 saturated heterocycles. The summed E-state index contributed by atoms with van der Waals surface area (Å²) in [6.45, 7) is 8.10. The molecule has 0 aliphatic heterocycles. The van der Waals surface area contributed by atoms with E-state index in [1.54, 1.807) is 6.20 Å². The number of rotatable bonds is 9. The van der Waals surface area contributed by atoms with Crippen molar-refractivity contribution in [1.82, 2.24) is 20.4 Å². The molecule has 126 valence electrons. The summed E-state index contributed by atoms with van der Waals surface area (Å²) in [5, 5.41) is 21.3. The molecule has 3 N–H and O–H groups in total. The van der Waals surface area contributed by atoms with Crippen LogP contribution in [0.5, 0.6) is 0 Å². The normalized spacial score (nSPS) is 12.5. The van der Waals surface area contributed by atoms with E-state index in [0.29, 0.717) is 13.1 Å². The van der Waals surface area contributed by atoms with Crippen molar-refractivity contribution in [2.75, 3.05) is 13.1 Å². The van der Waals surface area contributed by atoms with Crippen molar-refractivity contribution in [3.63, 3.8) is 0 Å². The van der Waals surface area contributed by atoms with Gasteiger partial charge in [0, 0.05) is 26.3 Å². The van der Waals surface area contributed by atoms with Gasteiger partial charge in [0.05, 0.1) is 17.8 Å². The van der Waals surface area contributed by atoms with Crippen molar-refractivity contribution in [2.24, 2.45) is 12.0 Å². The summed E-state index contributed by atoms with van der Waals surface area (Å²) in [4.78, 5) is 4.56. The maximum atomic E-state index is 10.7. The predicted octanol–water partition coefficient (Wildman–Crippen LogP) is 1.81. The third-order valence-corrected chi connectivity index (χ3v) is 3.68. The maximum Gasteiger partial charge on any atom is 0.191 e. The SMILES string of the molecule is CCCC(O)(CCC)CNC(=NCc1ccnn1C)NCC. The van der Waals surface area contributed by atoms with Gasteiger partial charge in [0.15, 0.2) is 5.96 Å². The molecule has 0 spiro atoms. The van der Waals surface area contributed by atoms with Gasteiger partial charge < -0.3 is 15.7 Å². The van der Waals surface area contributed by atoms with Crippen LogP contribution in [0.2, 0.25) is 0 Å². The van der Waals surface area contributed by atoms with Gasteiger partial charge in [0.2, 0.25) is 0 Å². The zero-order valence-corrected chi connectivity index (χ0v) is 14.4. The number of aryl methyl sites for hydroxylation is 1. The number of guanidine groups is 1. The van der Waals surface area contributed by atoms with Crippen LogP contribution in [-0.4, -0.2) is 39.5 Å². The summed E-state index contributed by atoms with van der Waals surface area (Å²) in [5.41, 5.74) is 0.390. The number of aromatic nitrogens is 2. The number of nitrogens with zero attached hydrogens (tertiary/aromatic N) is 3. The summed E-state index contributed by atoms with van der Waals surface area (Å²) in [5.74, 6) is 0.731. The van der Waals surface area contributed by atoms with Gasteiger partial charge in [-0.15, -0.1) is 0 Å². The van der Waals surface area contributed by atoms with Gasteiger partial charge >= 0.3 is 0 Å². The third kappa shape index (κ3) is 6.05. The highest BCUT2D eigenvalue weighted by Crippen LogP contribution is 2.18. The van der Waals surface area contributed by atoms with Crippen LogP contribution in [0, 0.1) is 0 Å². The Kier molecular flexibility index (Phi) is 7.95. The lowest BCUT2D eigenvalue weighted by Gasteiger charge is -2.28. The van der Waals surface area contributed by atoms with E-state index in [-0.39, 0.29) is 0 Å². The van der Waals surface area contributed by atoms with Crippen LogP contribution in [0.3, 0.4) is 0 Å². The molecule has 0 radical (unpaired) electrons. The molecule has 1 rings (SSSR count). The van der Waals surface area contributed by atoms with Crippen molar-refractivity contribution in [1.29, 1.82) is 0 Å². The van der Waals surface area contributed by atoms with Gasteiger partial charge in [0.25, 0.3) is 0 Å². The average Bonchev–Trinajstić information content (AvgIpc) is 2.88. The lowest BCUT2D eigenvalue weighted by molar-refractivity contribution is 0.0257. The molecular formula is C16H31N5O. The molecule has 0 aromatic carbocycles. The Morgan fingerprint density at radius 1 is 1.27 bits per heavy atom. The van der Waals surface area contributed by atoms with Crippen LogP contribution in [0.25, 0.3) is 0 Å². The number of hydrogen-bond donors (Lipinski definition) is 3. The second-order valence-corrected chi connectivity index (χ2v) is 5.72. The topological polar surface area (TPSA) is 74.5 Å². The summed E-state index contributed by atoms with van der Waals surface area (Å²) < 4.78 is 1.82. The Bertz CT molecular complexity index is 449. The van der Waals surface area contributed by atoms with E-state index in [1.165, 1.54) is 0 Å². The smallest absolute Gasteiger partial charge is 0.191 e. The molecule has 22 heavy (non-hydrogen) atoms. The lowest BCUT2D eigenvalue weighted by Crippen LogP contribution is -2.47. The van der Waals surface area contributed by atoms with Gasteiger partial charge in [0.1, 0.15) is 0 Å². The van der Waals surface area contributed by atoms with E-state index in [1.807, 2.05) is 24.7 Å². The second kappa shape index (κ2) is 9.46. The van der Waals surface area contributed by atoms with E-state index >= 15 is 0 Å². The van der Waals surface area contributed by atoms with Crippen LogP contribution in [0.1, 0.15) is 52.1 Å². The zero-order chi connectivity index (χ0) is 16.4. The predicted molar refractivity (Wildman–Crippen MR) is 90.8 cm³/mol. The summed E-state index contributed by atoms with van der Waals surface area (Å²) in [6.07, 6.45) is 5.32. The third-order valence-electron chi connectivity index (χ3n) is 3.68. The van der Waals surface area contributed by atoms with Gasteiger partial charge in [-0.3, -0.25) is 4.68 Å². The first-order valence-corrected chi connectivity index (χ1v) is 8.26. The second-order valence-electron chi connectivity index (χ2n) is 5.72. The first-order chi connectivity index (χ1) is 10.5. The van der Waals surface area contributed by atoms with E-state index in [2.05, 4.69) is 34.6 Å². The van der Waals surface area contributed by atoms with Crippen molar-refractivity contribution in [3.05, 3.63) is 18.0 Å². The molecule has 0 amide bonds. The Morgan fingerprint density at radius 3 is 2.45 bits per heavy atom. The lowest BCUT2D eigenvalue weighted by atomic mass is 9.93. The van der Waals surface area contributed by atoms with Crippen LogP contribution in [-0.2, 0) is 13.6 Å². The number of nitrogens with one attached hydrogen (secondary N) is 2. The first-order valence-electron chi connectivity index (χ1n) is 8.26. The zero-order valence-electron chi connectivity index (χ0n) is 14.4. The minimum absolute atomic E-state index is 0.520. The minimum atomic E-state index is -0.660. The van der Waals surface area contributed by atoms with Gasteiger partial charge in [-0.25, -0.2) is 4.99 Å². The van der Waals surface area contributed by atoms with Gasteiger partial charge in [-0.2, -0.15) is 5.10 Å². The van der Waals surface area contributed by atoms with Crippen LogP contribution in [0.15, 0.2) is 17.3 Å². The van der Waals surface area contributed by atoms with Gasteiger partial charge in [-0.1, -0.05) is 26.7 Å². The standard InChI is InChI=1S/C16H31N5O/c1-5-9-16(22,10-6-2)13-19-15(17-7-3)18-12-14-8-11-20-21(14)4/h8,11,22H,5-7,9-10,12-13H2,1-4H3,(H2,17,18,19). The molecular weight excluding hydrogens is 278 g/mol. The maximum absolute atomic E-state index is 10.7. The molecule has 0 atom stereocenters. The van der Waals surface area contributed by atoms with Crippen molar-refractivity contribution in [3.8, 4) is 0 Å². The molecule has 1 aromatic rings. The Morgan fingerprint density at radius 2 is 1.95 bits per heavy atom.